The fourth-order valence-corrected chi connectivity index (χ4v) is 3.71. The molecule has 0 fully saturated rings. The van der Waals surface area contributed by atoms with Crippen LogP contribution in [0.25, 0.3) is 0 Å². The Balaban J connectivity index is 1.41. The van der Waals surface area contributed by atoms with E-state index in [-0.39, 0.29) is 0 Å². The molecule has 0 radical (unpaired) electrons. The molecule has 0 aliphatic carbocycles. The van der Waals surface area contributed by atoms with E-state index < -0.39 is 11.8 Å². The van der Waals surface area contributed by atoms with Crippen LogP contribution in [0.3, 0.4) is 0 Å². The van der Waals surface area contributed by atoms with E-state index in [1.807, 2.05) is 109 Å². The Morgan fingerprint density at radius 2 is 0.853 bits per heavy atom. The first-order chi connectivity index (χ1) is 16.8. The van der Waals surface area contributed by atoms with Crippen LogP contribution >= 0.6 is 0 Å². The van der Waals surface area contributed by atoms with E-state index in [0.29, 0.717) is 13.2 Å². The van der Waals surface area contributed by atoms with Gasteiger partial charge in [-0.1, -0.05) is 84.9 Å². The second-order valence-corrected chi connectivity index (χ2v) is 7.90. The van der Waals surface area contributed by atoms with Gasteiger partial charge in [0.2, 0.25) is 0 Å². The van der Waals surface area contributed by atoms with Gasteiger partial charge in [-0.05, 0) is 46.5 Å². The molecule has 0 bridgehead atoms. The molecule has 0 spiro atoms. The highest BCUT2D eigenvalue weighted by Gasteiger charge is 2.25. The molecule has 2 atom stereocenters. The van der Waals surface area contributed by atoms with E-state index in [4.69, 9.17) is 9.47 Å². The molecular formula is C30H24N2O2. The molecule has 0 amide bonds. The first-order valence-corrected chi connectivity index (χ1v) is 11.1. The topological polar surface area (TPSA) is 66.0 Å². The molecule has 4 rings (SSSR count). The third-order valence-electron chi connectivity index (χ3n) is 5.59. The molecule has 34 heavy (non-hydrogen) atoms. The molecule has 4 aromatic rings. The summed E-state index contributed by atoms with van der Waals surface area (Å²) in [6.45, 7) is 0.947. The minimum Gasteiger partial charge on any atom is -0.489 e. The average molecular weight is 445 g/mol. The van der Waals surface area contributed by atoms with Crippen LogP contribution in [0, 0.1) is 22.7 Å². The van der Waals surface area contributed by atoms with E-state index in [9.17, 15) is 10.5 Å². The van der Waals surface area contributed by atoms with E-state index in [1.165, 1.54) is 0 Å². The van der Waals surface area contributed by atoms with Crippen LogP contribution in [0.4, 0.5) is 0 Å². The summed E-state index contributed by atoms with van der Waals surface area (Å²) >= 11 is 0. The van der Waals surface area contributed by atoms with Gasteiger partial charge >= 0.3 is 0 Å². The zero-order valence-corrected chi connectivity index (χ0v) is 18.7. The summed E-state index contributed by atoms with van der Waals surface area (Å²) in [5.74, 6) is 0.254. The molecule has 0 heterocycles. The van der Waals surface area contributed by atoms with E-state index in [1.54, 1.807) is 0 Å². The van der Waals surface area contributed by atoms with Gasteiger partial charge < -0.3 is 9.47 Å². The van der Waals surface area contributed by atoms with Gasteiger partial charge in [-0.2, -0.15) is 10.5 Å². The summed E-state index contributed by atoms with van der Waals surface area (Å²) in [5.41, 5.74) is 3.74. The Morgan fingerprint density at radius 1 is 0.500 bits per heavy atom. The molecule has 0 saturated heterocycles. The maximum Gasteiger partial charge on any atom is 0.119 e. The maximum absolute atomic E-state index is 9.87. The third kappa shape index (κ3) is 5.82. The number of nitriles is 2. The second kappa shape index (κ2) is 11.4. The Morgan fingerprint density at radius 3 is 1.18 bits per heavy atom. The van der Waals surface area contributed by atoms with Gasteiger partial charge in [0.1, 0.15) is 24.7 Å². The van der Waals surface area contributed by atoms with Crippen molar-refractivity contribution in [3.05, 3.63) is 131 Å². The lowest BCUT2D eigenvalue weighted by Gasteiger charge is -2.17. The summed E-state index contributed by atoms with van der Waals surface area (Å²) in [7, 11) is 0. The van der Waals surface area contributed by atoms with Crippen molar-refractivity contribution in [2.45, 2.75) is 25.0 Å². The highest BCUT2D eigenvalue weighted by atomic mass is 16.5. The van der Waals surface area contributed by atoms with Crippen molar-refractivity contribution in [2.24, 2.45) is 0 Å². The van der Waals surface area contributed by atoms with Crippen molar-refractivity contribution in [1.82, 2.24) is 0 Å². The number of hydrogen-bond acceptors (Lipinski definition) is 4. The number of nitrogens with zero attached hydrogens (tertiary/aromatic N) is 2. The van der Waals surface area contributed by atoms with Crippen LogP contribution in [-0.2, 0) is 13.2 Å². The van der Waals surface area contributed by atoms with Crippen molar-refractivity contribution in [2.75, 3.05) is 0 Å². The lowest BCUT2D eigenvalue weighted by Crippen LogP contribution is -2.08. The Hall–Kier alpha value is -4.54. The van der Waals surface area contributed by atoms with Crippen LogP contribution in [0.2, 0.25) is 0 Å². The Bertz CT molecular complexity index is 1150. The largest absolute Gasteiger partial charge is 0.489 e. The predicted molar refractivity (Wildman–Crippen MR) is 131 cm³/mol. The summed E-state index contributed by atoms with van der Waals surface area (Å²) in [5, 5.41) is 19.7. The minimum absolute atomic E-state index is 0.474. The zero-order chi connectivity index (χ0) is 23.6. The molecule has 4 aromatic carbocycles. The predicted octanol–water partition coefficient (Wildman–Crippen LogP) is 6.76. The fraction of sp³-hybridized carbons (Fsp3) is 0.133. The maximum atomic E-state index is 9.87. The highest BCUT2D eigenvalue weighted by Crippen LogP contribution is 2.34. The molecule has 166 valence electrons. The van der Waals surface area contributed by atoms with Crippen LogP contribution in [0.15, 0.2) is 109 Å². The van der Waals surface area contributed by atoms with E-state index in [0.717, 1.165) is 33.8 Å². The van der Waals surface area contributed by atoms with Crippen LogP contribution < -0.4 is 9.47 Å². The summed E-state index contributed by atoms with van der Waals surface area (Å²) in [6.07, 6.45) is 0. The van der Waals surface area contributed by atoms with Crippen molar-refractivity contribution in [1.29, 1.82) is 10.5 Å². The Kier molecular flexibility index (Phi) is 7.57. The highest BCUT2D eigenvalue weighted by molar-refractivity contribution is 5.41. The van der Waals surface area contributed by atoms with Crippen molar-refractivity contribution >= 4 is 0 Å². The van der Waals surface area contributed by atoms with E-state index in [2.05, 4.69) is 12.1 Å². The summed E-state index contributed by atoms with van der Waals surface area (Å²) in [6, 6.07) is 39.3. The molecule has 0 aromatic heterocycles. The molecule has 0 aliphatic rings. The molecule has 0 N–H and O–H groups in total. The first-order valence-electron chi connectivity index (χ1n) is 11.1. The lowest BCUT2D eigenvalue weighted by molar-refractivity contribution is 0.306. The number of ether oxygens (including phenoxy) is 2. The van der Waals surface area contributed by atoms with Crippen molar-refractivity contribution in [3.63, 3.8) is 0 Å². The van der Waals surface area contributed by atoms with Gasteiger partial charge in [-0.15, -0.1) is 0 Å². The van der Waals surface area contributed by atoms with Crippen molar-refractivity contribution in [3.8, 4) is 23.6 Å². The minimum atomic E-state index is -0.593. The standard InChI is InChI=1S/C30H24N2O2/c31-19-29(25-11-15-27(16-12-25)33-21-23-7-3-1-4-8-23)30(20-32)26-13-17-28(18-14-26)34-22-24-9-5-2-6-10-24/h1-18,29-30H,21-22H2. The third-order valence-corrected chi connectivity index (χ3v) is 5.59. The molecular weight excluding hydrogens is 420 g/mol. The molecule has 4 nitrogen and oxygen atoms in total. The number of benzene rings is 4. The van der Waals surface area contributed by atoms with Gasteiger partial charge in [0, 0.05) is 0 Å². The average Bonchev–Trinajstić information content (AvgIpc) is 2.91. The fourth-order valence-electron chi connectivity index (χ4n) is 3.71. The normalized spacial score (nSPS) is 12.1. The van der Waals surface area contributed by atoms with Gasteiger partial charge in [-0.3, -0.25) is 0 Å². The van der Waals surface area contributed by atoms with Crippen LogP contribution in [0.1, 0.15) is 34.1 Å². The zero-order valence-electron chi connectivity index (χ0n) is 18.7. The molecule has 0 aliphatic heterocycles. The molecule has 0 saturated carbocycles. The first kappa shape index (κ1) is 22.6. The van der Waals surface area contributed by atoms with Gasteiger partial charge in [0.15, 0.2) is 0 Å². The smallest absolute Gasteiger partial charge is 0.119 e. The second-order valence-electron chi connectivity index (χ2n) is 7.90. The lowest BCUT2D eigenvalue weighted by atomic mass is 9.83. The quantitative estimate of drug-likeness (QED) is 0.286. The van der Waals surface area contributed by atoms with Crippen LogP contribution in [0.5, 0.6) is 11.5 Å². The summed E-state index contributed by atoms with van der Waals surface area (Å²) in [4.78, 5) is 0. The van der Waals surface area contributed by atoms with Gasteiger partial charge in [-0.25, -0.2) is 0 Å². The Labute approximate surface area is 200 Å². The number of rotatable bonds is 9. The molecule has 4 heteroatoms. The van der Waals surface area contributed by atoms with Gasteiger partial charge in [0.05, 0.1) is 24.0 Å². The van der Waals surface area contributed by atoms with Gasteiger partial charge in [0.25, 0.3) is 0 Å². The number of hydrogen-bond donors (Lipinski definition) is 0. The van der Waals surface area contributed by atoms with Crippen molar-refractivity contribution < 1.29 is 9.47 Å². The van der Waals surface area contributed by atoms with E-state index >= 15 is 0 Å². The van der Waals surface area contributed by atoms with Crippen LogP contribution in [-0.4, -0.2) is 0 Å². The molecule has 2 unspecified atom stereocenters. The monoisotopic (exact) mass is 444 g/mol. The summed E-state index contributed by atoms with van der Waals surface area (Å²) < 4.78 is 11.7. The SMILES string of the molecule is N#CC(c1ccc(OCc2ccccc2)cc1)C(C#N)c1ccc(OCc2ccccc2)cc1.